The maximum absolute atomic E-state index is 13.7. The second-order valence-corrected chi connectivity index (χ2v) is 5.74. The summed E-state index contributed by atoms with van der Waals surface area (Å²) in [5.41, 5.74) is 0.611. The summed E-state index contributed by atoms with van der Waals surface area (Å²) < 4.78 is 19.0. The molecule has 0 aliphatic carbocycles. The summed E-state index contributed by atoms with van der Waals surface area (Å²) >= 11 is 3.13. The van der Waals surface area contributed by atoms with E-state index in [2.05, 4.69) is 36.3 Å². The van der Waals surface area contributed by atoms with E-state index in [1.165, 1.54) is 19.2 Å². The molecule has 6 nitrogen and oxygen atoms in total. The Balaban J connectivity index is 2.05. The lowest BCUT2D eigenvalue weighted by Gasteiger charge is -2.17. The second-order valence-electron chi connectivity index (χ2n) is 4.82. The zero-order valence-electron chi connectivity index (χ0n) is 12.8. The van der Waals surface area contributed by atoms with Crippen LogP contribution in [0.4, 0.5) is 14.9 Å². The minimum atomic E-state index is -0.941. The molecule has 0 aliphatic rings. The standard InChI is InChI=1S/C16H15BrFN3O3/c1-24-15(22)14(9-11-4-2-3-7-19-11)21-16(23)20-13-6-5-10(17)8-12(13)18/h2-8,14H,9H2,1H3,(H2,20,21,23). The van der Waals surface area contributed by atoms with Gasteiger partial charge in [-0.1, -0.05) is 22.0 Å². The number of ether oxygens (including phenoxy) is 1. The highest BCUT2D eigenvalue weighted by molar-refractivity contribution is 9.10. The van der Waals surface area contributed by atoms with Crippen LogP contribution >= 0.6 is 15.9 Å². The number of urea groups is 1. The first-order valence-electron chi connectivity index (χ1n) is 7.00. The summed E-state index contributed by atoms with van der Waals surface area (Å²) in [6, 6.07) is 7.80. The van der Waals surface area contributed by atoms with Crippen LogP contribution in [0, 0.1) is 5.82 Å². The zero-order chi connectivity index (χ0) is 17.5. The first-order chi connectivity index (χ1) is 11.5. The van der Waals surface area contributed by atoms with Gasteiger partial charge in [-0.3, -0.25) is 4.98 Å². The Morgan fingerprint density at radius 1 is 1.33 bits per heavy atom. The third-order valence-electron chi connectivity index (χ3n) is 3.11. The third kappa shape index (κ3) is 5.02. The highest BCUT2D eigenvalue weighted by Gasteiger charge is 2.23. The molecule has 2 aromatic rings. The summed E-state index contributed by atoms with van der Waals surface area (Å²) in [6.07, 6.45) is 1.74. The van der Waals surface area contributed by atoms with Gasteiger partial charge in [0.05, 0.1) is 12.8 Å². The number of nitrogens with zero attached hydrogens (tertiary/aromatic N) is 1. The van der Waals surface area contributed by atoms with Crippen molar-refractivity contribution in [3.8, 4) is 0 Å². The largest absolute Gasteiger partial charge is 0.467 e. The van der Waals surface area contributed by atoms with Crippen LogP contribution in [0.2, 0.25) is 0 Å². The van der Waals surface area contributed by atoms with Crippen LogP contribution in [0.5, 0.6) is 0 Å². The van der Waals surface area contributed by atoms with Gasteiger partial charge in [-0.05, 0) is 30.3 Å². The Hall–Kier alpha value is -2.48. The van der Waals surface area contributed by atoms with Crippen molar-refractivity contribution >= 4 is 33.6 Å². The molecule has 2 N–H and O–H groups in total. The van der Waals surface area contributed by atoms with E-state index in [0.29, 0.717) is 10.2 Å². The van der Waals surface area contributed by atoms with Crippen molar-refractivity contribution in [1.29, 1.82) is 0 Å². The molecule has 0 fully saturated rings. The van der Waals surface area contributed by atoms with Crippen molar-refractivity contribution in [3.05, 3.63) is 58.6 Å². The van der Waals surface area contributed by atoms with Gasteiger partial charge in [-0.2, -0.15) is 0 Å². The van der Waals surface area contributed by atoms with E-state index in [0.717, 1.165) is 0 Å². The van der Waals surface area contributed by atoms with Gasteiger partial charge in [0.15, 0.2) is 0 Å². The van der Waals surface area contributed by atoms with E-state index in [4.69, 9.17) is 0 Å². The van der Waals surface area contributed by atoms with Crippen LogP contribution in [0.1, 0.15) is 5.69 Å². The molecule has 0 spiro atoms. The predicted octanol–water partition coefficient (Wildman–Crippen LogP) is 2.89. The van der Waals surface area contributed by atoms with Gasteiger partial charge in [0.25, 0.3) is 0 Å². The number of pyridine rings is 1. The van der Waals surface area contributed by atoms with Crippen LogP contribution in [-0.4, -0.2) is 30.1 Å². The second kappa shape index (κ2) is 8.39. The van der Waals surface area contributed by atoms with E-state index >= 15 is 0 Å². The molecule has 2 rings (SSSR count). The molecule has 0 saturated carbocycles. The van der Waals surface area contributed by atoms with Gasteiger partial charge in [-0.15, -0.1) is 0 Å². The quantitative estimate of drug-likeness (QED) is 0.762. The lowest BCUT2D eigenvalue weighted by Crippen LogP contribution is -2.45. The Kier molecular flexibility index (Phi) is 6.25. The molecule has 1 aromatic carbocycles. The molecule has 0 aliphatic heterocycles. The molecule has 1 heterocycles. The van der Waals surface area contributed by atoms with Crippen molar-refractivity contribution < 1.29 is 18.7 Å². The maximum atomic E-state index is 13.7. The summed E-state index contributed by atoms with van der Waals surface area (Å²) in [7, 11) is 1.22. The number of hydrogen-bond donors (Lipinski definition) is 2. The normalized spacial score (nSPS) is 11.5. The van der Waals surface area contributed by atoms with Gasteiger partial charge in [0.1, 0.15) is 11.9 Å². The zero-order valence-corrected chi connectivity index (χ0v) is 14.3. The molecule has 24 heavy (non-hydrogen) atoms. The van der Waals surface area contributed by atoms with Crippen LogP contribution in [0.3, 0.4) is 0 Å². The summed E-state index contributed by atoms with van der Waals surface area (Å²) in [5, 5.41) is 4.82. The number of aromatic nitrogens is 1. The van der Waals surface area contributed by atoms with E-state index in [1.54, 1.807) is 30.5 Å². The van der Waals surface area contributed by atoms with Crippen LogP contribution < -0.4 is 10.6 Å². The minimum absolute atomic E-state index is 0.00264. The van der Waals surface area contributed by atoms with Crippen molar-refractivity contribution in [2.24, 2.45) is 0 Å². The molecule has 1 unspecified atom stereocenters. The highest BCUT2D eigenvalue weighted by Crippen LogP contribution is 2.19. The molecule has 1 aromatic heterocycles. The summed E-state index contributed by atoms with van der Waals surface area (Å²) in [6.45, 7) is 0. The number of methoxy groups -OCH3 is 1. The fourth-order valence-electron chi connectivity index (χ4n) is 1.97. The molecule has 2 amide bonds. The Labute approximate surface area is 146 Å². The number of esters is 1. The van der Waals surface area contributed by atoms with Crippen molar-refractivity contribution in [2.45, 2.75) is 12.5 Å². The average molecular weight is 396 g/mol. The van der Waals surface area contributed by atoms with Gasteiger partial charge >= 0.3 is 12.0 Å². The number of amides is 2. The van der Waals surface area contributed by atoms with Gasteiger partial charge in [0.2, 0.25) is 0 Å². The molecule has 0 radical (unpaired) electrons. The third-order valence-corrected chi connectivity index (χ3v) is 3.60. The molecular weight excluding hydrogens is 381 g/mol. The van der Waals surface area contributed by atoms with Crippen LogP contribution in [0.25, 0.3) is 0 Å². The van der Waals surface area contributed by atoms with E-state index in [9.17, 15) is 14.0 Å². The van der Waals surface area contributed by atoms with E-state index in [-0.39, 0.29) is 12.1 Å². The van der Waals surface area contributed by atoms with Crippen molar-refractivity contribution in [2.75, 3.05) is 12.4 Å². The Morgan fingerprint density at radius 2 is 2.12 bits per heavy atom. The van der Waals surface area contributed by atoms with E-state index < -0.39 is 23.9 Å². The molecule has 0 saturated heterocycles. The number of rotatable bonds is 5. The number of anilines is 1. The monoisotopic (exact) mass is 395 g/mol. The summed E-state index contributed by atoms with van der Waals surface area (Å²) in [5.74, 6) is -1.22. The van der Waals surface area contributed by atoms with Crippen molar-refractivity contribution in [3.63, 3.8) is 0 Å². The molecule has 1 atom stereocenters. The predicted molar refractivity (Wildman–Crippen MR) is 90.0 cm³/mol. The Morgan fingerprint density at radius 3 is 2.75 bits per heavy atom. The maximum Gasteiger partial charge on any atom is 0.328 e. The number of carbonyl (C=O) groups excluding carboxylic acids is 2. The van der Waals surface area contributed by atoms with Crippen LogP contribution in [0.15, 0.2) is 47.1 Å². The smallest absolute Gasteiger partial charge is 0.328 e. The fourth-order valence-corrected chi connectivity index (χ4v) is 2.30. The molecule has 0 bridgehead atoms. The fraction of sp³-hybridized carbons (Fsp3) is 0.188. The van der Waals surface area contributed by atoms with Gasteiger partial charge in [-0.25, -0.2) is 14.0 Å². The number of nitrogens with one attached hydrogen (secondary N) is 2. The molecular formula is C16H15BrFN3O3. The SMILES string of the molecule is COC(=O)C(Cc1ccccn1)NC(=O)Nc1ccc(Br)cc1F. The molecule has 126 valence electrons. The Bertz CT molecular complexity index is 728. The molecule has 8 heteroatoms. The highest BCUT2D eigenvalue weighted by atomic mass is 79.9. The summed E-state index contributed by atoms with van der Waals surface area (Å²) in [4.78, 5) is 28.0. The van der Waals surface area contributed by atoms with Gasteiger partial charge in [0, 0.05) is 22.8 Å². The number of benzene rings is 1. The lowest BCUT2D eigenvalue weighted by molar-refractivity contribution is -0.142. The minimum Gasteiger partial charge on any atom is -0.467 e. The number of halogens is 2. The van der Waals surface area contributed by atoms with Crippen LogP contribution in [-0.2, 0) is 16.0 Å². The average Bonchev–Trinajstić information content (AvgIpc) is 2.57. The lowest BCUT2D eigenvalue weighted by atomic mass is 10.1. The van der Waals surface area contributed by atoms with Crippen molar-refractivity contribution in [1.82, 2.24) is 10.3 Å². The first kappa shape index (κ1) is 17.9. The van der Waals surface area contributed by atoms with Gasteiger partial charge < -0.3 is 15.4 Å². The topological polar surface area (TPSA) is 80.3 Å². The van der Waals surface area contributed by atoms with E-state index in [1.807, 2.05) is 0 Å². The first-order valence-corrected chi connectivity index (χ1v) is 7.79. The number of hydrogen-bond acceptors (Lipinski definition) is 4. The number of carbonyl (C=O) groups is 2.